The molecule has 0 radical (unpaired) electrons. The van der Waals surface area contributed by atoms with Crippen LogP contribution in [0.15, 0.2) is 49.1 Å². The molecule has 0 aliphatic carbocycles. The summed E-state index contributed by atoms with van der Waals surface area (Å²) >= 11 is 0. The summed E-state index contributed by atoms with van der Waals surface area (Å²) in [6.45, 7) is -0.236. The van der Waals surface area contributed by atoms with Gasteiger partial charge in [-0.15, -0.1) is 0 Å². The molecule has 4 rings (SSSR count). The average Bonchev–Trinajstić information content (AvgIpc) is 3.13. The van der Waals surface area contributed by atoms with Gasteiger partial charge in [0.15, 0.2) is 5.75 Å². The van der Waals surface area contributed by atoms with Crippen molar-refractivity contribution in [3.63, 3.8) is 0 Å². The first-order valence-electron chi connectivity index (χ1n) is 8.99. The summed E-state index contributed by atoms with van der Waals surface area (Å²) in [5.41, 5.74) is 3.29. The molecule has 0 unspecified atom stereocenters. The third-order valence-electron chi connectivity index (χ3n) is 4.49. The van der Waals surface area contributed by atoms with Crippen molar-refractivity contribution in [3.8, 4) is 46.3 Å². The lowest BCUT2D eigenvalue weighted by Gasteiger charge is -2.08. The molecule has 4 heterocycles. The molecule has 0 atom stereocenters. The highest BCUT2D eigenvalue weighted by Crippen LogP contribution is 2.33. The summed E-state index contributed by atoms with van der Waals surface area (Å²) < 4.78 is 12.1. The Morgan fingerprint density at radius 1 is 1.10 bits per heavy atom. The summed E-state index contributed by atoms with van der Waals surface area (Å²) in [6, 6.07) is 7.16. The molecule has 0 saturated heterocycles. The standard InChI is InChI=1S/C22H18N4O4/c1-29-20-9-15(11-24-21(20)30-2)18-6-5-17-19(25-18)13-26(22(17)28)16-8-14(4-3-7-27)10-23-12-16/h5-6,8-13,27-28H,7H2,1-2H3. The van der Waals surface area contributed by atoms with Crippen LogP contribution in [0.2, 0.25) is 0 Å². The van der Waals surface area contributed by atoms with Gasteiger partial charge in [-0.1, -0.05) is 11.8 Å². The van der Waals surface area contributed by atoms with Crippen molar-refractivity contribution >= 4 is 10.9 Å². The van der Waals surface area contributed by atoms with Gasteiger partial charge >= 0.3 is 0 Å². The number of aromatic hydroxyl groups is 1. The molecule has 0 amide bonds. The number of ether oxygens (including phenoxy) is 2. The number of hydrogen-bond acceptors (Lipinski definition) is 7. The Labute approximate surface area is 172 Å². The molecule has 4 aromatic rings. The van der Waals surface area contributed by atoms with Crippen LogP contribution >= 0.6 is 0 Å². The summed E-state index contributed by atoms with van der Waals surface area (Å²) in [7, 11) is 3.07. The molecule has 30 heavy (non-hydrogen) atoms. The normalized spacial score (nSPS) is 10.5. The van der Waals surface area contributed by atoms with Crippen LogP contribution in [0.1, 0.15) is 5.56 Å². The molecular weight excluding hydrogens is 384 g/mol. The third-order valence-corrected chi connectivity index (χ3v) is 4.49. The minimum Gasteiger partial charge on any atom is -0.494 e. The Hall–Kier alpha value is -4.09. The number of hydrogen-bond donors (Lipinski definition) is 2. The van der Waals surface area contributed by atoms with Gasteiger partial charge in [0.25, 0.3) is 5.88 Å². The Kier molecular flexibility index (Phi) is 5.20. The van der Waals surface area contributed by atoms with Crippen molar-refractivity contribution in [1.29, 1.82) is 0 Å². The van der Waals surface area contributed by atoms with E-state index in [0.717, 1.165) is 5.56 Å². The first-order valence-corrected chi connectivity index (χ1v) is 8.99. The average molecular weight is 402 g/mol. The second kappa shape index (κ2) is 8.11. The Morgan fingerprint density at radius 3 is 2.73 bits per heavy atom. The van der Waals surface area contributed by atoms with Crippen molar-refractivity contribution < 1.29 is 19.7 Å². The molecule has 2 N–H and O–H groups in total. The fourth-order valence-corrected chi connectivity index (χ4v) is 3.07. The van der Waals surface area contributed by atoms with E-state index in [9.17, 15) is 5.11 Å². The van der Waals surface area contributed by atoms with Gasteiger partial charge in [-0.25, -0.2) is 9.97 Å². The molecule has 0 saturated carbocycles. The summed E-state index contributed by atoms with van der Waals surface area (Å²) in [4.78, 5) is 13.1. The molecule has 0 aromatic carbocycles. The van der Waals surface area contributed by atoms with E-state index in [2.05, 4.69) is 26.8 Å². The lowest BCUT2D eigenvalue weighted by Crippen LogP contribution is -1.94. The van der Waals surface area contributed by atoms with Crippen molar-refractivity contribution in [3.05, 3.63) is 54.6 Å². The van der Waals surface area contributed by atoms with Gasteiger partial charge in [0.2, 0.25) is 5.88 Å². The predicted molar refractivity (Wildman–Crippen MR) is 111 cm³/mol. The molecule has 4 aromatic heterocycles. The maximum atomic E-state index is 10.7. The number of pyridine rings is 3. The molecule has 0 aliphatic rings. The Morgan fingerprint density at radius 2 is 1.97 bits per heavy atom. The minimum atomic E-state index is -0.236. The van der Waals surface area contributed by atoms with Crippen LogP contribution < -0.4 is 9.47 Å². The molecule has 0 aliphatic heterocycles. The molecular formula is C22H18N4O4. The molecule has 0 spiro atoms. The first kappa shape index (κ1) is 19.2. The lowest BCUT2D eigenvalue weighted by molar-refractivity contribution is 0.343. The fourth-order valence-electron chi connectivity index (χ4n) is 3.07. The largest absolute Gasteiger partial charge is 0.494 e. The number of aliphatic hydroxyl groups is 1. The maximum absolute atomic E-state index is 10.7. The second-order valence-electron chi connectivity index (χ2n) is 6.28. The number of aliphatic hydroxyl groups excluding tert-OH is 1. The number of nitrogens with zero attached hydrogens (tertiary/aromatic N) is 4. The van der Waals surface area contributed by atoms with Crippen LogP contribution in [0.4, 0.5) is 0 Å². The van der Waals surface area contributed by atoms with E-state index < -0.39 is 0 Å². The summed E-state index contributed by atoms with van der Waals surface area (Å²) in [5.74, 6) is 6.33. The summed E-state index contributed by atoms with van der Waals surface area (Å²) in [5, 5.41) is 20.2. The number of methoxy groups -OCH3 is 2. The first-order chi connectivity index (χ1) is 14.6. The predicted octanol–water partition coefficient (Wildman–Crippen LogP) is 2.55. The molecule has 150 valence electrons. The minimum absolute atomic E-state index is 0.0450. The van der Waals surface area contributed by atoms with Gasteiger partial charge < -0.3 is 19.7 Å². The lowest BCUT2D eigenvalue weighted by atomic mass is 10.1. The van der Waals surface area contributed by atoms with E-state index in [4.69, 9.17) is 14.6 Å². The molecule has 0 fully saturated rings. The van der Waals surface area contributed by atoms with Crippen LogP contribution in [0.25, 0.3) is 27.8 Å². The van der Waals surface area contributed by atoms with E-state index in [-0.39, 0.29) is 12.5 Å². The zero-order valence-corrected chi connectivity index (χ0v) is 16.3. The SMILES string of the molecule is COc1cc(-c2ccc3c(O)n(-c4cncc(C#CCO)c4)cc3n2)cnc1OC. The topological polar surface area (TPSA) is 103 Å². The monoisotopic (exact) mass is 402 g/mol. The highest BCUT2D eigenvalue weighted by molar-refractivity contribution is 5.87. The third kappa shape index (κ3) is 3.50. The van der Waals surface area contributed by atoms with Crippen LogP contribution in [-0.4, -0.2) is 50.6 Å². The van der Waals surface area contributed by atoms with E-state index >= 15 is 0 Å². The summed E-state index contributed by atoms with van der Waals surface area (Å²) in [6.07, 6.45) is 6.58. The smallest absolute Gasteiger partial charge is 0.256 e. The quantitative estimate of drug-likeness (QED) is 0.506. The van der Waals surface area contributed by atoms with E-state index in [1.54, 1.807) is 60.7 Å². The van der Waals surface area contributed by atoms with Gasteiger partial charge in [-0.05, 0) is 24.3 Å². The van der Waals surface area contributed by atoms with Gasteiger partial charge in [0, 0.05) is 29.7 Å². The number of aromatic nitrogens is 4. The Balaban J connectivity index is 1.77. The maximum Gasteiger partial charge on any atom is 0.256 e. The van der Waals surface area contributed by atoms with E-state index in [0.29, 0.717) is 39.5 Å². The van der Waals surface area contributed by atoms with Crippen LogP contribution in [-0.2, 0) is 0 Å². The fraction of sp³-hybridized carbons (Fsp3) is 0.136. The van der Waals surface area contributed by atoms with Gasteiger partial charge in [-0.2, -0.15) is 0 Å². The zero-order chi connectivity index (χ0) is 21.1. The number of fused-ring (bicyclic) bond motifs is 1. The van der Waals surface area contributed by atoms with E-state index in [1.165, 1.54) is 7.11 Å². The van der Waals surface area contributed by atoms with Gasteiger partial charge in [-0.3, -0.25) is 9.55 Å². The highest BCUT2D eigenvalue weighted by Gasteiger charge is 2.14. The zero-order valence-electron chi connectivity index (χ0n) is 16.3. The number of rotatable bonds is 4. The van der Waals surface area contributed by atoms with E-state index in [1.807, 2.05) is 0 Å². The van der Waals surface area contributed by atoms with Gasteiger partial charge in [0.05, 0.1) is 42.7 Å². The molecule has 8 heteroatoms. The van der Waals surface area contributed by atoms with Crippen LogP contribution in [0, 0.1) is 11.8 Å². The Bertz CT molecular complexity index is 1290. The van der Waals surface area contributed by atoms with Gasteiger partial charge in [0.1, 0.15) is 6.61 Å². The van der Waals surface area contributed by atoms with Crippen LogP contribution in [0.3, 0.4) is 0 Å². The second-order valence-corrected chi connectivity index (χ2v) is 6.28. The van der Waals surface area contributed by atoms with Crippen molar-refractivity contribution in [1.82, 2.24) is 19.5 Å². The highest BCUT2D eigenvalue weighted by atomic mass is 16.5. The molecule has 8 nitrogen and oxygen atoms in total. The molecule has 0 bridgehead atoms. The van der Waals surface area contributed by atoms with Crippen molar-refractivity contribution in [2.24, 2.45) is 0 Å². The van der Waals surface area contributed by atoms with Crippen LogP contribution in [0.5, 0.6) is 17.5 Å². The van der Waals surface area contributed by atoms with Crippen molar-refractivity contribution in [2.75, 3.05) is 20.8 Å². The van der Waals surface area contributed by atoms with Crippen molar-refractivity contribution in [2.45, 2.75) is 0 Å².